The van der Waals surface area contributed by atoms with Gasteiger partial charge in [-0.3, -0.25) is 0 Å². The minimum Gasteiger partial charge on any atom is -0.379 e. The Balaban J connectivity index is 2.74. The summed E-state index contributed by atoms with van der Waals surface area (Å²) >= 11 is 0. The minimum absolute atomic E-state index is 0.240. The smallest absolute Gasteiger partial charge is 0.121 e. The number of nitriles is 1. The molecule has 74 valence electrons. The highest BCUT2D eigenvalue weighted by molar-refractivity contribution is 5.27. The Morgan fingerprint density at radius 1 is 1.79 bits per heavy atom. The van der Waals surface area contributed by atoms with E-state index in [1.807, 2.05) is 13.0 Å². The lowest BCUT2D eigenvalue weighted by Crippen LogP contribution is -2.39. The lowest BCUT2D eigenvalue weighted by molar-refractivity contribution is 0.466. The summed E-state index contributed by atoms with van der Waals surface area (Å²) in [5.41, 5.74) is 0.324. The van der Waals surface area contributed by atoms with Crippen LogP contribution in [0, 0.1) is 11.3 Å². The zero-order valence-corrected chi connectivity index (χ0v) is 8.34. The molecular formula is C11H13FN2. The Hall–Kier alpha value is -1.56. The first kappa shape index (κ1) is 10.5. The van der Waals surface area contributed by atoms with Crippen LogP contribution in [0.5, 0.6) is 0 Å². The van der Waals surface area contributed by atoms with Crippen molar-refractivity contribution in [3.05, 3.63) is 35.8 Å². The van der Waals surface area contributed by atoms with Gasteiger partial charge >= 0.3 is 0 Å². The maximum atomic E-state index is 13.0. The van der Waals surface area contributed by atoms with E-state index >= 15 is 0 Å². The van der Waals surface area contributed by atoms with E-state index in [4.69, 9.17) is 5.26 Å². The minimum atomic E-state index is -0.420. The monoisotopic (exact) mass is 192 g/mol. The highest BCUT2D eigenvalue weighted by Gasteiger charge is 2.22. The second-order valence-corrected chi connectivity index (χ2v) is 3.63. The van der Waals surface area contributed by atoms with Crippen LogP contribution in [-0.2, 0) is 0 Å². The van der Waals surface area contributed by atoms with Gasteiger partial charge in [-0.1, -0.05) is 6.08 Å². The standard InChI is InChI=1S/C11H13FN2/c1-9(5-7-13)14-11(2)6-3-4-10(12)8-11/h3-5,8,14H,6H2,1-2H3/b9-5+. The van der Waals surface area contributed by atoms with E-state index in [9.17, 15) is 4.39 Å². The van der Waals surface area contributed by atoms with Crippen molar-refractivity contribution >= 4 is 0 Å². The zero-order valence-electron chi connectivity index (χ0n) is 8.34. The predicted molar refractivity (Wildman–Crippen MR) is 53.9 cm³/mol. The van der Waals surface area contributed by atoms with Crippen LogP contribution in [0.2, 0.25) is 0 Å². The molecule has 0 radical (unpaired) electrons. The van der Waals surface area contributed by atoms with Crippen LogP contribution in [0.3, 0.4) is 0 Å². The number of hydrogen-bond acceptors (Lipinski definition) is 2. The van der Waals surface area contributed by atoms with E-state index in [2.05, 4.69) is 5.32 Å². The van der Waals surface area contributed by atoms with Gasteiger partial charge in [-0.2, -0.15) is 5.26 Å². The van der Waals surface area contributed by atoms with Crippen LogP contribution in [0.4, 0.5) is 4.39 Å². The van der Waals surface area contributed by atoms with Crippen LogP contribution in [0.15, 0.2) is 35.8 Å². The summed E-state index contributed by atoms with van der Waals surface area (Å²) < 4.78 is 13.0. The topological polar surface area (TPSA) is 35.8 Å². The van der Waals surface area contributed by atoms with Crippen LogP contribution < -0.4 is 5.32 Å². The molecule has 0 fully saturated rings. The molecule has 1 aliphatic carbocycles. The molecule has 2 nitrogen and oxygen atoms in total. The van der Waals surface area contributed by atoms with E-state index in [-0.39, 0.29) is 5.83 Å². The van der Waals surface area contributed by atoms with E-state index in [1.165, 1.54) is 18.2 Å². The van der Waals surface area contributed by atoms with Gasteiger partial charge in [-0.15, -0.1) is 0 Å². The van der Waals surface area contributed by atoms with Crippen LogP contribution in [-0.4, -0.2) is 5.54 Å². The molecule has 0 aliphatic heterocycles. The molecule has 0 aromatic rings. The molecule has 3 heteroatoms. The quantitative estimate of drug-likeness (QED) is 0.682. The molecule has 1 unspecified atom stereocenters. The first-order chi connectivity index (χ1) is 6.56. The van der Waals surface area contributed by atoms with E-state index in [0.29, 0.717) is 0 Å². The van der Waals surface area contributed by atoms with Gasteiger partial charge in [0, 0.05) is 11.8 Å². The summed E-state index contributed by atoms with van der Waals surface area (Å²) in [5.74, 6) is -0.240. The number of nitrogens with one attached hydrogen (secondary N) is 1. The molecular weight excluding hydrogens is 179 g/mol. The summed E-state index contributed by atoms with van der Waals surface area (Å²) in [4.78, 5) is 0. The molecule has 1 N–H and O–H groups in total. The lowest BCUT2D eigenvalue weighted by atomic mass is 9.93. The van der Waals surface area contributed by atoms with Crippen molar-refractivity contribution in [1.29, 1.82) is 5.26 Å². The van der Waals surface area contributed by atoms with Gasteiger partial charge in [0.1, 0.15) is 5.83 Å². The summed E-state index contributed by atoms with van der Waals surface area (Å²) in [5, 5.41) is 11.5. The third kappa shape index (κ3) is 2.74. The summed E-state index contributed by atoms with van der Waals surface area (Å²) in [6.45, 7) is 3.68. The van der Waals surface area contributed by atoms with Crippen molar-refractivity contribution in [2.45, 2.75) is 25.8 Å². The molecule has 14 heavy (non-hydrogen) atoms. The fourth-order valence-electron chi connectivity index (χ4n) is 1.50. The number of nitrogens with zero attached hydrogens (tertiary/aromatic N) is 1. The van der Waals surface area contributed by atoms with Gasteiger partial charge in [0.25, 0.3) is 0 Å². The van der Waals surface area contributed by atoms with Crippen molar-refractivity contribution in [2.24, 2.45) is 0 Å². The predicted octanol–water partition coefficient (Wildman–Crippen LogP) is 2.58. The number of allylic oxidation sites excluding steroid dienone is 4. The Kier molecular flexibility index (Phi) is 3.08. The summed E-state index contributed by atoms with van der Waals surface area (Å²) in [6.07, 6.45) is 6.89. The zero-order chi connectivity index (χ0) is 10.6. The largest absolute Gasteiger partial charge is 0.379 e. The molecule has 0 spiro atoms. The van der Waals surface area contributed by atoms with Crippen molar-refractivity contribution in [3.8, 4) is 6.07 Å². The normalized spacial score (nSPS) is 26.7. The molecule has 0 aromatic heterocycles. The first-order valence-electron chi connectivity index (χ1n) is 4.45. The molecule has 1 rings (SSSR count). The van der Waals surface area contributed by atoms with Crippen molar-refractivity contribution < 1.29 is 4.39 Å². The van der Waals surface area contributed by atoms with Gasteiger partial charge in [-0.25, -0.2) is 4.39 Å². The molecule has 0 saturated heterocycles. The lowest BCUT2D eigenvalue weighted by Gasteiger charge is -2.29. The Labute approximate surface area is 83.4 Å². The maximum absolute atomic E-state index is 13.0. The summed E-state index contributed by atoms with van der Waals surface area (Å²) in [6, 6.07) is 1.93. The van der Waals surface area contributed by atoms with E-state index in [1.54, 1.807) is 13.0 Å². The first-order valence-corrected chi connectivity index (χ1v) is 4.45. The maximum Gasteiger partial charge on any atom is 0.121 e. The van der Waals surface area contributed by atoms with Gasteiger partial charge in [0.05, 0.1) is 11.6 Å². The van der Waals surface area contributed by atoms with Gasteiger partial charge < -0.3 is 5.32 Å². The fourth-order valence-corrected chi connectivity index (χ4v) is 1.50. The average Bonchev–Trinajstić information content (AvgIpc) is 2.02. The Morgan fingerprint density at radius 3 is 3.07 bits per heavy atom. The third-order valence-electron chi connectivity index (χ3n) is 2.04. The number of hydrogen-bond donors (Lipinski definition) is 1. The van der Waals surface area contributed by atoms with Gasteiger partial charge in [0.15, 0.2) is 0 Å². The van der Waals surface area contributed by atoms with Crippen LogP contribution in [0.1, 0.15) is 20.3 Å². The number of rotatable bonds is 2. The third-order valence-corrected chi connectivity index (χ3v) is 2.04. The SMILES string of the molecule is C/C(=C\C#N)NC1(C)C=C(F)C=CC1. The second kappa shape index (κ2) is 4.10. The highest BCUT2D eigenvalue weighted by Crippen LogP contribution is 2.22. The highest BCUT2D eigenvalue weighted by atomic mass is 19.1. The number of halogens is 1. The second-order valence-electron chi connectivity index (χ2n) is 3.63. The molecule has 0 aromatic carbocycles. The Morgan fingerprint density at radius 2 is 2.50 bits per heavy atom. The molecule has 1 atom stereocenters. The van der Waals surface area contributed by atoms with Crippen molar-refractivity contribution in [1.82, 2.24) is 5.32 Å². The Bertz CT molecular complexity index is 347. The van der Waals surface area contributed by atoms with E-state index < -0.39 is 5.54 Å². The summed E-state index contributed by atoms with van der Waals surface area (Å²) in [7, 11) is 0. The van der Waals surface area contributed by atoms with Gasteiger partial charge in [0.2, 0.25) is 0 Å². The van der Waals surface area contributed by atoms with Crippen LogP contribution >= 0.6 is 0 Å². The fraction of sp³-hybridized carbons (Fsp3) is 0.364. The molecule has 1 aliphatic rings. The van der Waals surface area contributed by atoms with Gasteiger partial charge in [-0.05, 0) is 32.4 Å². The molecule has 0 heterocycles. The molecule has 0 bridgehead atoms. The van der Waals surface area contributed by atoms with Crippen LogP contribution in [0.25, 0.3) is 0 Å². The van der Waals surface area contributed by atoms with E-state index in [0.717, 1.165) is 12.1 Å². The average molecular weight is 192 g/mol. The van der Waals surface area contributed by atoms with Crippen molar-refractivity contribution in [2.75, 3.05) is 0 Å². The molecule has 0 saturated carbocycles. The van der Waals surface area contributed by atoms with Crippen molar-refractivity contribution in [3.63, 3.8) is 0 Å². The molecule has 0 amide bonds.